The molecule has 0 heterocycles. The Morgan fingerprint density at radius 3 is 2.30 bits per heavy atom. The molecule has 0 aliphatic heterocycles. The molecule has 1 N–H and O–H groups in total. The highest BCUT2D eigenvalue weighted by Gasteiger charge is 2.08. The molecule has 0 amide bonds. The van der Waals surface area contributed by atoms with Crippen LogP contribution >= 0.6 is 0 Å². The molecule has 10 heavy (non-hydrogen) atoms. The van der Waals surface area contributed by atoms with Crippen molar-refractivity contribution >= 4 is 9.68 Å². The van der Waals surface area contributed by atoms with Crippen molar-refractivity contribution in [1.82, 2.24) is 4.98 Å². The monoisotopic (exact) mass is 159 g/mol. The number of hydrogen-bond donors (Lipinski definition) is 1. The molecule has 0 saturated carbocycles. The summed E-state index contributed by atoms with van der Waals surface area (Å²) in [4.78, 5) is 3.50. The lowest BCUT2D eigenvalue weighted by Crippen LogP contribution is -2.24. The van der Waals surface area contributed by atoms with Crippen molar-refractivity contribution in [2.45, 2.75) is 39.7 Å². The molecule has 62 valence electrons. The van der Waals surface area contributed by atoms with Gasteiger partial charge in [0.1, 0.15) is 0 Å². The highest BCUT2D eigenvalue weighted by Crippen LogP contribution is 2.17. The lowest BCUT2D eigenvalue weighted by Gasteiger charge is -2.17. The molecule has 0 saturated heterocycles. The van der Waals surface area contributed by atoms with Gasteiger partial charge < -0.3 is 4.98 Å². The number of hydrogen-bond acceptors (Lipinski definition) is 1. The zero-order chi connectivity index (χ0) is 7.98. The van der Waals surface area contributed by atoms with Gasteiger partial charge >= 0.3 is 0 Å². The van der Waals surface area contributed by atoms with Crippen LogP contribution in [0.25, 0.3) is 0 Å². The van der Waals surface area contributed by atoms with Crippen LogP contribution in [0.15, 0.2) is 0 Å². The Morgan fingerprint density at radius 1 is 1.30 bits per heavy atom. The predicted octanol–water partition coefficient (Wildman–Crippen LogP) is 1.53. The molecule has 0 bridgehead atoms. The fourth-order valence-electron chi connectivity index (χ4n) is 0.976. The standard InChI is InChI=1S/C8H21NSi/c1-5-7(3)8(4)10-9-6-2/h7-9H,5-6,10H2,1-4H3. The van der Waals surface area contributed by atoms with Crippen molar-refractivity contribution in [3.05, 3.63) is 0 Å². The Hall–Kier alpha value is 0.177. The van der Waals surface area contributed by atoms with Crippen LogP contribution in [0.2, 0.25) is 5.54 Å². The van der Waals surface area contributed by atoms with Gasteiger partial charge in [-0.3, -0.25) is 0 Å². The maximum absolute atomic E-state index is 3.50. The van der Waals surface area contributed by atoms with Gasteiger partial charge in [-0.15, -0.1) is 0 Å². The van der Waals surface area contributed by atoms with Crippen molar-refractivity contribution in [3.8, 4) is 0 Å². The minimum Gasteiger partial charge on any atom is -0.342 e. The first-order chi connectivity index (χ1) is 4.72. The van der Waals surface area contributed by atoms with Crippen LogP contribution in [0.1, 0.15) is 34.1 Å². The van der Waals surface area contributed by atoms with E-state index in [1.165, 1.54) is 6.42 Å². The third-order valence-corrected chi connectivity index (χ3v) is 4.57. The molecule has 0 aromatic rings. The Bertz CT molecular complexity index is 75.7. The summed E-state index contributed by atoms with van der Waals surface area (Å²) >= 11 is 0. The zero-order valence-corrected chi connectivity index (χ0v) is 9.19. The van der Waals surface area contributed by atoms with Crippen LogP contribution < -0.4 is 4.98 Å². The summed E-state index contributed by atoms with van der Waals surface area (Å²) in [6.07, 6.45) is 1.33. The van der Waals surface area contributed by atoms with Crippen molar-refractivity contribution < 1.29 is 0 Å². The van der Waals surface area contributed by atoms with E-state index in [4.69, 9.17) is 0 Å². The van der Waals surface area contributed by atoms with Crippen LogP contribution in [0.4, 0.5) is 0 Å². The highest BCUT2D eigenvalue weighted by molar-refractivity contribution is 6.34. The van der Waals surface area contributed by atoms with Crippen molar-refractivity contribution in [3.63, 3.8) is 0 Å². The largest absolute Gasteiger partial charge is 0.342 e. The third-order valence-electron chi connectivity index (χ3n) is 2.33. The van der Waals surface area contributed by atoms with Crippen molar-refractivity contribution in [1.29, 1.82) is 0 Å². The maximum atomic E-state index is 3.50. The van der Waals surface area contributed by atoms with Crippen LogP contribution in [-0.4, -0.2) is 16.2 Å². The second-order valence-corrected chi connectivity index (χ2v) is 5.37. The normalized spacial score (nSPS) is 18.0. The number of rotatable bonds is 5. The summed E-state index contributed by atoms with van der Waals surface area (Å²) in [5.74, 6) is 0.922. The average Bonchev–Trinajstić information content (AvgIpc) is 1.98. The van der Waals surface area contributed by atoms with Crippen LogP contribution in [0.5, 0.6) is 0 Å². The SMILES string of the molecule is CCN[SiH2]C(C)C(C)CC. The van der Waals surface area contributed by atoms with Crippen molar-refractivity contribution in [2.24, 2.45) is 5.92 Å². The topological polar surface area (TPSA) is 12.0 Å². The van der Waals surface area contributed by atoms with Crippen LogP contribution in [0.3, 0.4) is 0 Å². The third kappa shape index (κ3) is 4.07. The lowest BCUT2D eigenvalue weighted by atomic mass is 10.1. The number of nitrogens with one attached hydrogen (secondary N) is 1. The maximum Gasteiger partial charge on any atom is 0.0947 e. The van der Waals surface area contributed by atoms with Gasteiger partial charge in [0.05, 0.1) is 9.68 Å². The molecule has 0 rings (SSSR count). The minimum absolute atomic E-state index is 0.0272. The molecule has 0 fully saturated rings. The van der Waals surface area contributed by atoms with E-state index in [9.17, 15) is 0 Å². The van der Waals surface area contributed by atoms with Gasteiger partial charge in [0.2, 0.25) is 0 Å². The van der Waals surface area contributed by atoms with E-state index < -0.39 is 0 Å². The molecule has 2 atom stereocenters. The first kappa shape index (κ1) is 10.2. The summed E-state index contributed by atoms with van der Waals surface area (Å²) in [6.45, 7) is 10.4. The first-order valence-corrected chi connectivity index (χ1v) is 5.95. The van der Waals surface area contributed by atoms with E-state index in [0.717, 1.165) is 18.0 Å². The fraction of sp³-hybridized carbons (Fsp3) is 1.00. The fourth-order valence-corrected chi connectivity index (χ4v) is 2.46. The van der Waals surface area contributed by atoms with Gasteiger partial charge in [-0.25, -0.2) is 0 Å². The molecule has 1 nitrogen and oxygen atoms in total. The van der Waals surface area contributed by atoms with Gasteiger partial charge in [0.25, 0.3) is 0 Å². The Labute approximate surface area is 67.5 Å². The molecule has 0 aliphatic rings. The van der Waals surface area contributed by atoms with E-state index in [-0.39, 0.29) is 9.68 Å². The summed E-state index contributed by atoms with van der Waals surface area (Å²) in [5, 5.41) is 0. The molecule has 0 radical (unpaired) electrons. The van der Waals surface area contributed by atoms with E-state index >= 15 is 0 Å². The second kappa shape index (κ2) is 5.92. The minimum atomic E-state index is 0.0272. The molecule has 0 aliphatic carbocycles. The second-order valence-electron chi connectivity index (χ2n) is 3.17. The molecule has 2 heteroatoms. The molecular weight excluding hydrogens is 138 g/mol. The summed E-state index contributed by atoms with van der Waals surface area (Å²) in [7, 11) is 0.0272. The van der Waals surface area contributed by atoms with E-state index in [1.807, 2.05) is 0 Å². The average molecular weight is 159 g/mol. The predicted molar refractivity (Wildman–Crippen MR) is 51.1 cm³/mol. The van der Waals surface area contributed by atoms with Crippen molar-refractivity contribution in [2.75, 3.05) is 6.54 Å². The Kier molecular flexibility index (Phi) is 6.03. The van der Waals surface area contributed by atoms with Gasteiger partial charge in [-0.1, -0.05) is 34.1 Å². The zero-order valence-electron chi connectivity index (χ0n) is 7.78. The first-order valence-electron chi connectivity index (χ1n) is 4.43. The quantitative estimate of drug-likeness (QED) is 0.600. The van der Waals surface area contributed by atoms with E-state index in [2.05, 4.69) is 32.7 Å². The summed E-state index contributed by atoms with van der Waals surface area (Å²) < 4.78 is 0. The van der Waals surface area contributed by atoms with Gasteiger partial charge in [0, 0.05) is 0 Å². The lowest BCUT2D eigenvalue weighted by molar-refractivity contribution is 0.535. The van der Waals surface area contributed by atoms with E-state index in [1.54, 1.807) is 0 Å². The van der Waals surface area contributed by atoms with Crippen LogP contribution in [0, 0.1) is 5.92 Å². The van der Waals surface area contributed by atoms with E-state index in [0.29, 0.717) is 0 Å². The summed E-state index contributed by atoms with van der Waals surface area (Å²) in [5.41, 5.74) is 0.963. The van der Waals surface area contributed by atoms with Gasteiger partial charge in [-0.05, 0) is 18.0 Å². The van der Waals surface area contributed by atoms with Crippen LogP contribution in [-0.2, 0) is 0 Å². The molecule has 0 aromatic carbocycles. The molecule has 0 spiro atoms. The smallest absolute Gasteiger partial charge is 0.0947 e. The summed E-state index contributed by atoms with van der Waals surface area (Å²) in [6, 6.07) is 0. The van der Waals surface area contributed by atoms with Gasteiger partial charge in [0.15, 0.2) is 0 Å². The molecular formula is C8H21NSi. The Balaban J connectivity index is 3.31. The highest BCUT2D eigenvalue weighted by atomic mass is 28.2. The molecule has 0 aromatic heterocycles. The molecule has 2 unspecified atom stereocenters. The Morgan fingerprint density at radius 2 is 1.90 bits per heavy atom. The van der Waals surface area contributed by atoms with Gasteiger partial charge in [-0.2, -0.15) is 0 Å².